The molecule has 110 valence electrons. The first kappa shape index (κ1) is 15.7. The van der Waals surface area contributed by atoms with Crippen molar-refractivity contribution in [2.45, 2.75) is 19.8 Å². The number of carbonyl (C=O) groups excluding carboxylic acids is 1. The molecule has 1 aliphatic rings. The molecular formula is C15H15NO3S2. The number of hydrogen-bond donors (Lipinski definition) is 1. The monoisotopic (exact) mass is 321 g/mol. The summed E-state index contributed by atoms with van der Waals surface area (Å²) in [5.74, 6) is -0.970. The van der Waals surface area contributed by atoms with E-state index in [4.69, 9.17) is 17.3 Å². The molecule has 1 aliphatic heterocycles. The molecule has 1 aromatic rings. The van der Waals surface area contributed by atoms with E-state index in [2.05, 4.69) is 13.8 Å². The topological polar surface area (TPSA) is 57.6 Å². The van der Waals surface area contributed by atoms with Crippen LogP contribution in [-0.4, -0.2) is 32.7 Å². The maximum atomic E-state index is 12.1. The molecule has 2 rings (SSSR count). The van der Waals surface area contributed by atoms with Gasteiger partial charge in [-0.15, -0.1) is 0 Å². The van der Waals surface area contributed by atoms with Crippen LogP contribution in [0.3, 0.4) is 0 Å². The van der Waals surface area contributed by atoms with Gasteiger partial charge in [0, 0.05) is 0 Å². The number of nitrogens with zero attached hydrogens (tertiary/aromatic N) is 1. The van der Waals surface area contributed by atoms with Crippen LogP contribution < -0.4 is 0 Å². The van der Waals surface area contributed by atoms with Gasteiger partial charge in [0.1, 0.15) is 10.9 Å². The molecule has 0 saturated carbocycles. The van der Waals surface area contributed by atoms with Crippen LogP contribution in [0, 0.1) is 0 Å². The highest BCUT2D eigenvalue weighted by atomic mass is 32.2. The Bertz CT molecular complexity index is 620. The van der Waals surface area contributed by atoms with Gasteiger partial charge in [0.05, 0.1) is 4.91 Å². The number of carbonyl (C=O) groups is 2. The highest BCUT2D eigenvalue weighted by Crippen LogP contribution is 2.32. The summed E-state index contributed by atoms with van der Waals surface area (Å²) in [6.45, 7) is 3.84. The van der Waals surface area contributed by atoms with Crippen LogP contribution >= 0.6 is 24.0 Å². The number of hydrogen-bond acceptors (Lipinski definition) is 4. The Hall–Kier alpha value is -1.66. The fraction of sp³-hybridized carbons (Fsp3) is 0.267. The van der Waals surface area contributed by atoms with E-state index in [0.29, 0.717) is 10.8 Å². The van der Waals surface area contributed by atoms with Crippen molar-refractivity contribution in [3.63, 3.8) is 0 Å². The van der Waals surface area contributed by atoms with Gasteiger partial charge in [0.2, 0.25) is 0 Å². The van der Waals surface area contributed by atoms with Gasteiger partial charge in [-0.25, -0.2) is 0 Å². The lowest BCUT2D eigenvalue weighted by molar-refractivity contribution is -0.140. The summed E-state index contributed by atoms with van der Waals surface area (Å²) in [4.78, 5) is 24.4. The quantitative estimate of drug-likeness (QED) is 0.682. The second kappa shape index (κ2) is 6.41. The maximum Gasteiger partial charge on any atom is 0.323 e. The van der Waals surface area contributed by atoms with Crippen molar-refractivity contribution >= 4 is 46.3 Å². The normalized spacial score (nSPS) is 17.1. The molecule has 0 spiro atoms. The van der Waals surface area contributed by atoms with Crippen molar-refractivity contribution in [2.24, 2.45) is 0 Å². The molecule has 0 radical (unpaired) electrons. The van der Waals surface area contributed by atoms with Crippen molar-refractivity contribution in [2.75, 3.05) is 6.54 Å². The number of carboxylic acid groups (broad SMARTS) is 1. The Labute approximate surface area is 132 Å². The molecule has 1 heterocycles. The number of rotatable bonds is 4. The molecule has 6 heteroatoms. The highest BCUT2D eigenvalue weighted by molar-refractivity contribution is 8.26. The van der Waals surface area contributed by atoms with E-state index in [1.165, 1.54) is 5.56 Å². The second-order valence-corrected chi connectivity index (χ2v) is 6.66. The van der Waals surface area contributed by atoms with E-state index >= 15 is 0 Å². The van der Waals surface area contributed by atoms with Gasteiger partial charge in [-0.1, -0.05) is 62.1 Å². The maximum absolute atomic E-state index is 12.1. The first-order chi connectivity index (χ1) is 9.88. The standard InChI is InChI=1S/C15H15NO3S2/c1-9(2)11-5-3-10(4-6-11)7-12-14(19)16(8-13(17)18)15(20)21-12/h3-7,9H,8H2,1-2H3,(H,17,18)/b12-7-. The van der Waals surface area contributed by atoms with Crippen molar-refractivity contribution in [3.05, 3.63) is 40.3 Å². The Morgan fingerprint density at radius 3 is 2.52 bits per heavy atom. The summed E-state index contributed by atoms with van der Waals surface area (Å²) in [6.07, 6.45) is 1.74. The lowest BCUT2D eigenvalue weighted by atomic mass is 10.0. The van der Waals surface area contributed by atoms with E-state index in [0.717, 1.165) is 22.2 Å². The first-order valence-electron chi connectivity index (χ1n) is 6.45. The average Bonchev–Trinajstić information content (AvgIpc) is 2.67. The van der Waals surface area contributed by atoms with E-state index in [9.17, 15) is 9.59 Å². The molecule has 1 aromatic carbocycles. The van der Waals surface area contributed by atoms with Crippen LogP contribution in [0.1, 0.15) is 30.9 Å². The SMILES string of the molecule is CC(C)c1ccc(/C=C2\SC(=S)N(CC(=O)O)C2=O)cc1. The fourth-order valence-electron chi connectivity index (χ4n) is 1.90. The van der Waals surface area contributed by atoms with Crippen molar-refractivity contribution in [1.82, 2.24) is 4.90 Å². The number of benzene rings is 1. The van der Waals surface area contributed by atoms with Crippen LogP contribution in [-0.2, 0) is 9.59 Å². The van der Waals surface area contributed by atoms with Gasteiger partial charge in [0.25, 0.3) is 5.91 Å². The average molecular weight is 321 g/mol. The van der Waals surface area contributed by atoms with Crippen LogP contribution in [0.15, 0.2) is 29.2 Å². The highest BCUT2D eigenvalue weighted by Gasteiger charge is 2.33. The van der Waals surface area contributed by atoms with Gasteiger partial charge >= 0.3 is 5.97 Å². The Kier molecular flexibility index (Phi) is 4.80. The second-order valence-electron chi connectivity index (χ2n) is 4.98. The molecule has 1 N–H and O–H groups in total. The molecule has 0 aromatic heterocycles. The molecule has 0 bridgehead atoms. The first-order valence-corrected chi connectivity index (χ1v) is 7.68. The van der Waals surface area contributed by atoms with Crippen LogP contribution in [0.5, 0.6) is 0 Å². The third-order valence-electron chi connectivity index (χ3n) is 3.07. The largest absolute Gasteiger partial charge is 0.480 e. The Morgan fingerprint density at radius 1 is 1.38 bits per heavy atom. The number of amides is 1. The van der Waals surface area contributed by atoms with Crippen molar-refractivity contribution in [1.29, 1.82) is 0 Å². The number of carboxylic acids is 1. The molecule has 0 unspecified atom stereocenters. The molecule has 4 nitrogen and oxygen atoms in total. The molecule has 21 heavy (non-hydrogen) atoms. The summed E-state index contributed by atoms with van der Waals surface area (Å²) in [6, 6.07) is 7.93. The van der Waals surface area contributed by atoms with Gasteiger partial charge in [-0.2, -0.15) is 0 Å². The van der Waals surface area contributed by atoms with Crippen LogP contribution in [0.4, 0.5) is 0 Å². The van der Waals surface area contributed by atoms with Crippen molar-refractivity contribution in [3.8, 4) is 0 Å². The minimum atomic E-state index is -1.08. The lowest BCUT2D eigenvalue weighted by Gasteiger charge is -2.10. The Morgan fingerprint density at radius 2 is 2.00 bits per heavy atom. The predicted octanol–water partition coefficient (Wildman–Crippen LogP) is 3.10. The zero-order chi connectivity index (χ0) is 15.6. The van der Waals surface area contributed by atoms with Gasteiger partial charge < -0.3 is 5.11 Å². The summed E-state index contributed by atoms with van der Waals surface area (Å²) < 4.78 is 0.285. The molecule has 0 atom stereocenters. The predicted molar refractivity (Wildman–Crippen MR) is 88.0 cm³/mol. The fourth-order valence-corrected chi connectivity index (χ4v) is 3.16. The van der Waals surface area contributed by atoms with E-state index in [1.807, 2.05) is 24.3 Å². The molecule has 0 aliphatic carbocycles. The minimum Gasteiger partial charge on any atom is -0.480 e. The van der Waals surface area contributed by atoms with E-state index in [1.54, 1.807) is 6.08 Å². The van der Waals surface area contributed by atoms with Gasteiger partial charge in [-0.05, 0) is 23.1 Å². The number of thiocarbonyl (C=S) groups is 1. The molecular weight excluding hydrogens is 306 g/mol. The lowest BCUT2D eigenvalue weighted by Crippen LogP contribution is -2.33. The summed E-state index contributed by atoms with van der Waals surface area (Å²) in [7, 11) is 0. The zero-order valence-electron chi connectivity index (χ0n) is 11.7. The van der Waals surface area contributed by atoms with Crippen molar-refractivity contribution < 1.29 is 14.7 Å². The summed E-state index contributed by atoms with van der Waals surface area (Å²) in [5.41, 5.74) is 2.13. The van der Waals surface area contributed by atoms with Gasteiger partial charge in [0.15, 0.2) is 0 Å². The van der Waals surface area contributed by atoms with E-state index in [-0.39, 0.29) is 10.2 Å². The number of thioether (sulfide) groups is 1. The third kappa shape index (κ3) is 3.71. The molecule has 1 amide bonds. The zero-order valence-corrected chi connectivity index (χ0v) is 13.3. The van der Waals surface area contributed by atoms with Crippen LogP contribution in [0.25, 0.3) is 6.08 Å². The minimum absolute atomic E-state index is 0.285. The van der Waals surface area contributed by atoms with E-state index < -0.39 is 12.5 Å². The smallest absolute Gasteiger partial charge is 0.323 e. The summed E-state index contributed by atoms with van der Waals surface area (Å²) >= 11 is 6.18. The van der Waals surface area contributed by atoms with Crippen LogP contribution in [0.2, 0.25) is 0 Å². The molecule has 1 saturated heterocycles. The Balaban J connectivity index is 2.20. The summed E-state index contributed by atoms with van der Waals surface area (Å²) in [5, 5.41) is 8.79. The third-order valence-corrected chi connectivity index (χ3v) is 4.45. The molecule has 1 fully saturated rings. The van der Waals surface area contributed by atoms with Gasteiger partial charge in [-0.3, -0.25) is 14.5 Å². The number of aliphatic carboxylic acids is 1.